The Morgan fingerprint density at radius 2 is 2.12 bits per heavy atom. The number of ether oxygens (including phenoxy) is 1. The Morgan fingerprint density at radius 1 is 1.50 bits per heavy atom. The van der Waals surface area contributed by atoms with Crippen LogP contribution in [0.4, 0.5) is 10.6 Å². The normalized spacial score (nSPS) is 11.1. The molecule has 0 saturated carbocycles. The zero-order chi connectivity index (χ0) is 12.3. The molecule has 1 rings (SSSR count). The highest BCUT2D eigenvalue weighted by atomic mass is 79.9. The van der Waals surface area contributed by atoms with E-state index in [-0.39, 0.29) is 0 Å². The molecule has 4 nitrogen and oxygen atoms in total. The molecule has 1 heterocycles. The number of hydrogen-bond acceptors (Lipinski definition) is 3. The molecule has 0 aliphatic heterocycles. The van der Waals surface area contributed by atoms with Gasteiger partial charge in [0.05, 0.1) is 0 Å². The smallest absolute Gasteiger partial charge is 0.413 e. The van der Waals surface area contributed by atoms with Crippen LogP contribution >= 0.6 is 15.9 Å². The fourth-order valence-corrected chi connectivity index (χ4v) is 1.23. The first-order valence-corrected chi connectivity index (χ1v) is 5.69. The second kappa shape index (κ2) is 4.82. The highest BCUT2D eigenvalue weighted by Gasteiger charge is 2.16. The minimum Gasteiger partial charge on any atom is -0.444 e. The highest BCUT2D eigenvalue weighted by Crippen LogP contribution is 2.17. The van der Waals surface area contributed by atoms with Gasteiger partial charge in [-0.1, -0.05) is 0 Å². The fourth-order valence-electron chi connectivity index (χ4n) is 1.02. The topological polar surface area (TPSA) is 51.2 Å². The van der Waals surface area contributed by atoms with Crippen LogP contribution in [0.3, 0.4) is 0 Å². The molecule has 16 heavy (non-hydrogen) atoms. The lowest BCUT2D eigenvalue weighted by molar-refractivity contribution is 0.0635. The minimum atomic E-state index is -0.505. The summed E-state index contributed by atoms with van der Waals surface area (Å²) in [6, 6.07) is 1.77. The summed E-state index contributed by atoms with van der Waals surface area (Å²) in [6.45, 7) is 7.36. The van der Waals surface area contributed by atoms with Gasteiger partial charge in [-0.15, -0.1) is 0 Å². The van der Waals surface area contributed by atoms with Crippen molar-refractivity contribution < 1.29 is 9.53 Å². The number of pyridine rings is 1. The number of aromatic nitrogens is 1. The molecule has 88 valence electrons. The van der Waals surface area contributed by atoms with Gasteiger partial charge in [0.2, 0.25) is 0 Å². The number of nitrogens with one attached hydrogen (secondary N) is 1. The van der Waals surface area contributed by atoms with E-state index >= 15 is 0 Å². The van der Waals surface area contributed by atoms with Crippen molar-refractivity contribution in [2.75, 3.05) is 5.32 Å². The van der Waals surface area contributed by atoms with Crippen LogP contribution < -0.4 is 5.32 Å². The molecular formula is C11H15BrN2O2. The third-order valence-corrected chi connectivity index (χ3v) is 2.51. The molecule has 0 unspecified atom stereocenters. The summed E-state index contributed by atoms with van der Waals surface area (Å²) in [7, 11) is 0. The standard InChI is InChI=1S/C11H15BrN2O2/c1-7-5-9(13-6-8(7)12)14-10(15)16-11(2,3)4/h5-6H,1-4H3,(H,13,14,15). The lowest BCUT2D eigenvalue weighted by Crippen LogP contribution is -2.27. The van der Waals surface area contributed by atoms with Crippen LogP contribution in [0.25, 0.3) is 0 Å². The van der Waals surface area contributed by atoms with Gasteiger partial charge in [-0.2, -0.15) is 0 Å². The Bertz CT molecular complexity index is 399. The third kappa shape index (κ3) is 4.18. The molecule has 1 aromatic heterocycles. The molecule has 0 radical (unpaired) electrons. The molecule has 0 spiro atoms. The van der Waals surface area contributed by atoms with E-state index < -0.39 is 11.7 Å². The predicted molar refractivity (Wildman–Crippen MR) is 66.5 cm³/mol. The number of carbonyl (C=O) groups excluding carboxylic acids is 1. The molecule has 1 N–H and O–H groups in total. The van der Waals surface area contributed by atoms with Crippen LogP contribution in [-0.2, 0) is 4.74 Å². The summed E-state index contributed by atoms with van der Waals surface area (Å²) in [5.41, 5.74) is 0.496. The maximum absolute atomic E-state index is 11.4. The number of amides is 1. The Balaban J connectivity index is 2.67. The van der Waals surface area contributed by atoms with E-state index in [1.165, 1.54) is 0 Å². The van der Waals surface area contributed by atoms with Gasteiger partial charge in [0.1, 0.15) is 11.4 Å². The number of carbonyl (C=O) groups is 1. The number of anilines is 1. The van der Waals surface area contributed by atoms with E-state index in [1.807, 2.05) is 27.7 Å². The fraction of sp³-hybridized carbons (Fsp3) is 0.455. The number of aryl methyl sites for hydroxylation is 1. The Kier molecular flexibility index (Phi) is 3.91. The number of rotatable bonds is 1. The molecule has 1 aromatic rings. The average molecular weight is 287 g/mol. The van der Waals surface area contributed by atoms with Crippen LogP contribution in [0.1, 0.15) is 26.3 Å². The minimum absolute atomic E-state index is 0.481. The first kappa shape index (κ1) is 13.0. The van der Waals surface area contributed by atoms with Crippen LogP contribution in [0.15, 0.2) is 16.7 Å². The quantitative estimate of drug-likeness (QED) is 0.860. The predicted octanol–water partition coefficient (Wildman–Crippen LogP) is 3.50. The van der Waals surface area contributed by atoms with E-state index in [2.05, 4.69) is 26.2 Å². The van der Waals surface area contributed by atoms with E-state index in [0.717, 1.165) is 10.0 Å². The average Bonchev–Trinajstić information content (AvgIpc) is 2.08. The van der Waals surface area contributed by atoms with E-state index in [9.17, 15) is 4.79 Å². The summed E-state index contributed by atoms with van der Waals surface area (Å²) >= 11 is 3.34. The van der Waals surface area contributed by atoms with Crippen LogP contribution in [0, 0.1) is 6.92 Å². The van der Waals surface area contributed by atoms with Gasteiger partial charge in [-0.3, -0.25) is 5.32 Å². The van der Waals surface area contributed by atoms with Crippen LogP contribution in [-0.4, -0.2) is 16.7 Å². The monoisotopic (exact) mass is 286 g/mol. The van der Waals surface area contributed by atoms with Gasteiger partial charge in [0, 0.05) is 10.7 Å². The van der Waals surface area contributed by atoms with Crippen molar-refractivity contribution in [3.8, 4) is 0 Å². The highest BCUT2D eigenvalue weighted by molar-refractivity contribution is 9.10. The maximum Gasteiger partial charge on any atom is 0.413 e. The van der Waals surface area contributed by atoms with Gasteiger partial charge in [-0.25, -0.2) is 9.78 Å². The van der Waals surface area contributed by atoms with Crippen molar-refractivity contribution in [2.45, 2.75) is 33.3 Å². The van der Waals surface area contributed by atoms with Crippen molar-refractivity contribution in [3.05, 3.63) is 22.3 Å². The maximum atomic E-state index is 11.4. The Morgan fingerprint density at radius 3 is 2.62 bits per heavy atom. The van der Waals surface area contributed by atoms with Crippen LogP contribution in [0.2, 0.25) is 0 Å². The molecule has 0 fully saturated rings. The second-order valence-electron chi connectivity index (χ2n) is 4.45. The first-order valence-electron chi connectivity index (χ1n) is 4.90. The number of hydrogen-bond donors (Lipinski definition) is 1. The first-order chi connectivity index (χ1) is 7.28. The Hall–Kier alpha value is -1.10. The van der Waals surface area contributed by atoms with Crippen molar-refractivity contribution in [1.82, 2.24) is 4.98 Å². The molecular weight excluding hydrogens is 272 g/mol. The van der Waals surface area contributed by atoms with E-state index in [0.29, 0.717) is 5.82 Å². The van der Waals surface area contributed by atoms with Crippen molar-refractivity contribution in [1.29, 1.82) is 0 Å². The summed E-state index contributed by atoms with van der Waals surface area (Å²) in [5.74, 6) is 0.481. The van der Waals surface area contributed by atoms with E-state index in [4.69, 9.17) is 4.74 Å². The Labute approximate surface area is 104 Å². The molecule has 0 bridgehead atoms. The van der Waals surface area contributed by atoms with Gasteiger partial charge in [0.25, 0.3) is 0 Å². The molecule has 0 aliphatic carbocycles. The van der Waals surface area contributed by atoms with Crippen LogP contribution in [0.5, 0.6) is 0 Å². The molecule has 0 aliphatic rings. The summed E-state index contributed by atoms with van der Waals surface area (Å²) < 4.78 is 6.01. The molecule has 5 heteroatoms. The molecule has 1 amide bonds. The van der Waals surface area contributed by atoms with Crippen molar-refractivity contribution in [2.24, 2.45) is 0 Å². The van der Waals surface area contributed by atoms with Gasteiger partial charge >= 0.3 is 6.09 Å². The largest absolute Gasteiger partial charge is 0.444 e. The van der Waals surface area contributed by atoms with E-state index in [1.54, 1.807) is 12.3 Å². The zero-order valence-corrected chi connectivity index (χ0v) is 11.4. The lowest BCUT2D eigenvalue weighted by atomic mass is 10.2. The van der Waals surface area contributed by atoms with Crippen molar-refractivity contribution in [3.63, 3.8) is 0 Å². The molecule has 0 saturated heterocycles. The summed E-state index contributed by atoms with van der Waals surface area (Å²) in [4.78, 5) is 15.5. The van der Waals surface area contributed by atoms with Gasteiger partial charge in [0.15, 0.2) is 0 Å². The van der Waals surface area contributed by atoms with Crippen molar-refractivity contribution >= 4 is 27.8 Å². The zero-order valence-electron chi connectivity index (χ0n) is 9.80. The summed E-state index contributed by atoms with van der Waals surface area (Å²) in [6.07, 6.45) is 1.14. The summed E-state index contributed by atoms with van der Waals surface area (Å²) in [5, 5.41) is 2.57. The SMILES string of the molecule is Cc1cc(NC(=O)OC(C)(C)C)ncc1Br. The molecule has 0 aromatic carbocycles. The van der Waals surface area contributed by atoms with Gasteiger partial charge in [-0.05, 0) is 55.3 Å². The lowest BCUT2D eigenvalue weighted by Gasteiger charge is -2.19. The number of nitrogens with zero attached hydrogens (tertiary/aromatic N) is 1. The molecule has 0 atom stereocenters. The third-order valence-electron chi connectivity index (χ3n) is 1.68. The number of halogens is 1. The van der Waals surface area contributed by atoms with Gasteiger partial charge < -0.3 is 4.74 Å². The second-order valence-corrected chi connectivity index (χ2v) is 5.30.